The van der Waals surface area contributed by atoms with E-state index in [1.807, 2.05) is 0 Å². The zero-order valence-electron chi connectivity index (χ0n) is 10.7. The predicted molar refractivity (Wildman–Crippen MR) is 78.7 cm³/mol. The lowest BCUT2D eigenvalue weighted by molar-refractivity contribution is -0.142. The lowest BCUT2D eigenvalue weighted by atomic mass is 10.2. The third kappa shape index (κ3) is 4.76. The molecule has 0 atom stereocenters. The largest absolute Gasteiger partial charge is 0.467 e. The Bertz CT molecular complexity index is 594. The molecule has 1 aromatic heterocycles. The molecule has 2 rings (SSSR count). The molecule has 0 bridgehead atoms. The predicted octanol–water partition coefficient (Wildman–Crippen LogP) is 4.09. The Balaban J connectivity index is 2.21. The molecule has 0 radical (unpaired) electrons. The molecular weight excluding hydrogens is 398 g/mol. The van der Waals surface area contributed by atoms with Gasteiger partial charge in [-0.05, 0) is 59.0 Å². The number of rotatable bonds is 4. The summed E-state index contributed by atoms with van der Waals surface area (Å²) in [4.78, 5) is 13.0. The Morgan fingerprint density at radius 1 is 1.19 bits per heavy atom. The Morgan fingerprint density at radius 2 is 1.86 bits per heavy atom. The molecule has 0 saturated heterocycles. The summed E-state index contributed by atoms with van der Waals surface area (Å²) in [5.74, 6) is -0.377. The second-order valence-electron chi connectivity index (χ2n) is 4.36. The molecule has 1 amide bonds. The second kappa shape index (κ2) is 6.50. The van der Waals surface area contributed by atoms with Gasteiger partial charge in [-0.3, -0.25) is 4.79 Å². The number of halogens is 4. The van der Waals surface area contributed by atoms with Crippen LogP contribution in [0.2, 0.25) is 0 Å². The first-order valence-electron chi connectivity index (χ1n) is 5.99. The molecular formula is C14H11F3INO2. The van der Waals surface area contributed by atoms with E-state index in [4.69, 9.17) is 4.42 Å². The highest BCUT2D eigenvalue weighted by atomic mass is 127. The lowest BCUT2D eigenvalue weighted by Gasteiger charge is -2.23. The van der Waals surface area contributed by atoms with Crippen LogP contribution in [0.4, 0.5) is 13.2 Å². The van der Waals surface area contributed by atoms with Gasteiger partial charge in [-0.25, -0.2) is 0 Å². The van der Waals surface area contributed by atoms with Crippen molar-refractivity contribution >= 4 is 28.5 Å². The Labute approximate surface area is 132 Å². The van der Waals surface area contributed by atoms with Gasteiger partial charge in [0.25, 0.3) is 5.91 Å². The number of furan rings is 1. The topological polar surface area (TPSA) is 33.5 Å². The van der Waals surface area contributed by atoms with Gasteiger partial charge in [-0.15, -0.1) is 0 Å². The third-order valence-electron chi connectivity index (χ3n) is 2.68. The van der Waals surface area contributed by atoms with Gasteiger partial charge in [0, 0.05) is 9.13 Å². The molecule has 0 spiro atoms. The molecule has 0 fully saturated rings. The maximum atomic E-state index is 12.6. The summed E-state index contributed by atoms with van der Waals surface area (Å²) in [7, 11) is 0. The number of hydrogen-bond acceptors (Lipinski definition) is 2. The molecule has 0 saturated carbocycles. The second-order valence-corrected chi connectivity index (χ2v) is 5.61. The van der Waals surface area contributed by atoms with Crippen molar-refractivity contribution < 1.29 is 22.4 Å². The third-order valence-corrected chi connectivity index (χ3v) is 3.39. The van der Waals surface area contributed by atoms with Crippen molar-refractivity contribution in [2.75, 3.05) is 6.54 Å². The Morgan fingerprint density at radius 3 is 2.38 bits per heavy atom. The molecule has 0 N–H and O–H groups in total. The van der Waals surface area contributed by atoms with Crippen LogP contribution in [0.1, 0.15) is 16.1 Å². The van der Waals surface area contributed by atoms with Crippen LogP contribution in [0.5, 0.6) is 0 Å². The minimum absolute atomic E-state index is 0.214. The van der Waals surface area contributed by atoms with Crippen molar-refractivity contribution in [2.24, 2.45) is 0 Å². The fraction of sp³-hybridized carbons (Fsp3) is 0.214. The maximum absolute atomic E-state index is 12.6. The quantitative estimate of drug-likeness (QED) is 0.714. The van der Waals surface area contributed by atoms with Gasteiger partial charge >= 0.3 is 6.18 Å². The fourth-order valence-corrected chi connectivity index (χ4v) is 2.14. The maximum Gasteiger partial charge on any atom is 0.406 e. The first-order chi connectivity index (χ1) is 9.85. The van der Waals surface area contributed by atoms with E-state index in [1.165, 1.54) is 24.5 Å². The first-order valence-corrected chi connectivity index (χ1v) is 7.07. The van der Waals surface area contributed by atoms with Crippen molar-refractivity contribution in [1.82, 2.24) is 4.90 Å². The van der Waals surface area contributed by atoms with E-state index in [2.05, 4.69) is 22.6 Å². The lowest BCUT2D eigenvalue weighted by Crippen LogP contribution is -2.38. The monoisotopic (exact) mass is 409 g/mol. The molecule has 0 aliphatic carbocycles. The van der Waals surface area contributed by atoms with E-state index < -0.39 is 18.6 Å². The van der Waals surface area contributed by atoms with E-state index in [9.17, 15) is 18.0 Å². The van der Waals surface area contributed by atoms with E-state index in [1.54, 1.807) is 18.2 Å². The molecule has 112 valence electrons. The minimum atomic E-state index is -4.47. The van der Waals surface area contributed by atoms with Gasteiger partial charge in [0.2, 0.25) is 0 Å². The molecule has 1 heterocycles. The van der Waals surface area contributed by atoms with Crippen molar-refractivity contribution in [1.29, 1.82) is 0 Å². The van der Waals surface area contributed by atoms with Crippen LogP contribution < -0.4 is 0 Å². The average Bonchev–Trinajstić information content (AvgIpc) is 2.89. The fourth-order valence-electron chi connectivity index (χ4n) is 1.78. The van der Waals surface area contributed by atoms with Crippen LogP contribution in [-0.4, -0.2) is 23.5 Å². The highest BCUT2D eigenvalue weighted by Gasteiger charge is 2.33. The van der Waals surface area contributed by atoms with E-state index >= 15 is 0 Å². The van der Waals surface area contributed by atoms with Crippen LogP contribution in [0.25, 0.3) is 0 Å². The van der Waals surface area contributed by atoms with E-state index in [0.29, 0.717) is 5.76 Å². The van der Waals surface area contributed by atoms with Crippen molar-refractivity contribution in [3.63, 3.8) is 0 Å². The SMILES string of the molecule is O=C(c1ccc(I)cc1)N(Cc1ccco1)CC(F)(F)F. The van der Waals surface area contributed by atoms with Crippen LogP contribution >= 0.6 is 22.6 Å². The van der Waals surface area contributed by atoms with Crippen molar-refractivity contribution in [3.05, 3.63) is 57.6 Å². The molecule has 3 nitrogen and oxygen atoms in total. The minimum Gasteiger partial charge on any atom is -0.467 e. The standard InChI is InChI=1S/C14H11F3INO2/c15-14(16,17)9-19(8-12-2-1-7-21-12)13(20)10-3-5-11(18)6-4-10/h1-7H,8-9H2. The van der Waals surface area contributed by atoms with Crippen LogP contribution in [0.15, 0.2) is 47.1 Å². The number of nitrogens with zero attached hydrogens (tertiary/aromatic N) is 1. The van der Waals surface area contributed by atoms with E-state index in [0.717, 1.165) is 8.47 Å². The zero-order valence-corrected chi connectivity index (χ0v) is 12.9. The van der Waals surface area contributed by atoms with Gasteiger partial charge in [-0.2, -0.15) is 13.2 Å². The van der Waals surface area contributed by atoms with Crippen LogP contribution in [0.3, 0.4) is 0 Å². The van der Waals surface area contributed by atoms with Gasteiger partial charge < -0.3 is 9.32 Å². The number of hydrogen-bond donors (Lipinski definition) is 0. The number of benzene rings is 1. The van der Waals surface area contributed by atoms with E-state index in [-0.39, 0.29) is 12.1 Å². The number of amides is 1. The summed E-state index contributed by atoms with van der Waals surface area (Å²) in [5, 5.41) is 0. The zero-order chi connectivity index (χ0) is 15.5. The first kappa shape index (κ1) is 15.9. The summed E-state index contributed by atoms with van der Waals surface area (Å²) in [6, 6.07) is 9.46. The van der Waals surface area contributed by atoms with Gasteiger partial charge in [0.15, 0.2) is 0 Å². The summed E-state index contributed by atoms with van der Waals surface area (Å²) in [6.45, 7) is -1.55. The van der Waals surface area contributed by atoms with Crippen LogP contribution in [0, 0.1) is 3.57 Å². The molecule has 0 aliphatic rings. The molecule has 0 unspecified atom stereocenters. The highest BCUT2D eigenvalue weighted by Crippen LogP contribution is 2.20. The highest BCUT2D eigenvalue weighted by molar-refractivity contribution is 14.1. The summed E-state index contributed by atoms with van der Waals surface area (Å²) >= 11 is 2.06. The normalized spacial score (nSPS) is 11.4. The molecule has 0 aliphatic heterocycles. The van der Waals surface area contributed by atoms with Crippen LogP contribution in [-0.2, 0) is 6.54 Å². The molecule has 7 heteroatoms. The van der Waals surface area contributed by atoms with Gasteiger partial charge in [-0.1, -0.05) is 0 Å². The number of alkyl halides is 3. The summed E-state index contributed by atoms with van der Waals surface area (Å²) in [6.07, 6.45) is -3.11. The Hall–Kier alpha value is -1.51. The number of carbonyl (C=O) groups excluding carboxylic acids is 1. The molecule has 2 aromatic rings. The molecule has 1 aromatic carbocycles. The summed E-state index contributed by atoms with van der Waals surface area (Å²) < 4.78 is 43.9. The van der Waals surface area contributed by atoms with Gasteiger partial charge in [0.05, 0.1) is 12.8 Å². The Kier molecular flexibility index (Phi) is 4.92. The number of carbonyl (C=O) groups is 1. The summed E-state index contributed by atoms with van der Waals surface area (Å²) in [5.41, 5.74) is 0.214. The molecule has 21 heavy (non-hydrogen) atoms. The smallest absolute Gasteiger partial charge is 0.406 e. The average molecular weight is 409 g/mol. The van der Waals surface area contributed by atoms with Crippen molar-refractivity contribution in [2.45, 2.75) is 12.7 Å². The van der Waals surface area contributed by atoms with Gasteiger partial charge in [0.1, 0.15) is 12.3 Å². The van der Waals surface area contributed by atoms with Crippen molar-refractivity contribution in [3.8, 4) is 0 Å².